The zero-order valence-corrected chi connectivity index (χ0v) is 11.6. The molecule has 0 unspecified atom stereocenters. The average molecular weight is 351 g/mol. The van der Waals surface area contributed by atoms with Crippen molar-refractivity contribution in [2.45, 2.75) is 0 Å². The van der Waals surface area contributed by atoms with Gasteiger partial charge in [0.1, 0.15) is 0 Å². The Morgan fingerprint density at radius 1 is 0.875 bits per heavy atom. The molecule has 8 heavy (non-hydrogen) atoms. The van der Waals surface area contributed by atoms with Crippen LogP contribution >= 0.6 is 0 Å². The van der Waals surface area contributed by atoms with Crippen LogP contribution in [0.2, 0.25) is 0 Å². The quantitative estimate of drug-likeness (QED) is 0.343. The topological polar surface area (TPSA) is 80.9 Å². The fraction of sp³-hybridized carbons (Fsp3) is 0. The molecule has 0 radical (unpaired) electrons. The minimum absolute atomic E-state index is 0. The molecule has 0 fully saturated rings. The molecule has 4 nitrogen and oxygen atoms in total. The summed E-state index contributed by atoms with van der Waals surface area (Å²) in [5.74, 6) is 0. The summed E-state index contributed by atoms with van der Waals surface area (Å²) < 4.78 is 29.5. The molecular weight excluding hydrogens is 344 g/mol. The molecule has 0 saturated heterocycles. The van der Waals surface area contributed by atoms with Crippen LogP contribution in [-0.4, -0.2) is 39.2 Å². The monoisotopic (exact) mass is 350 g/mol. The van der Waals surface area contributed by atoms with E-state index in [9.17, 15) is 0 Å². The van der Waals surface area contributed by atoms with Crippen LogP contribution in [0, 0.1) is 0 Å². The molecule has 0 aliphatic heterocycles. The second-order valence-electron chi connectivity index (χ2n) is 0.600. The summed E-state index contributed by atoms with van der Waals surface area (Å²) in [4.78, 5) is 0. The molecule has 4 N–H and O–H groups in total. The van der Waals surface area contributed by atoms with E-state index in [0.717, 1.165) is 0 Å². The predicted octanol–water partition coefficient (Wildman–Crippen LogP) is -3.42. The van der Waals surface area contributed by atoms with E-state index in [1.165, 1.54) is 0 Å². The van der Waals surface area contributed by atoms with Crippen LogP contribution in [0.1, 0.15) is 0 Å². The maximum atomic E-state index is 7.38. The van der Waals surface area contributed by atoms with Crippen molar-refractivity contribution in [3.8, 4) is 0 Å². The molecule has 8 heteroatoms. The van der Waals surface area contributed by atoms with Gasteiger partial charge in [-0.2, -0.15) is 0 Å². The Morgan fingerprint density at radius 2 is 0.875 bits per heavy atom. The maximum absolute atomic E-state index is 7.38. The van der Waals surface area contributed by atoms with E-state index in [2.05, 4.69) is 0 Å². The first-order chi connectivity index (χ1) is 2.00. The van der Waals surface area contributed by atoms with Crippen LogP contribution in [-0.2, 0) is 52.0 Å². The molecule has 0 bridgehead atoms. The summed E-state index contributed by atoms with van der Waals surface area (Å²) in [7, 11) is 0. The summed E-state index contributed by atoms with van der Waals surface area (Å²) in [6, 6.07) is 0. The van der Waals surface area contributed by atoms with Crippen molar-refractivity contribution in [2.75, 3.05) is 0 Å². The van der Waals surface area contributed by atoms with Crippen LogP contribution in [0.25, 0.3) is 0 Å². The first kappa shape index (κ1) is 22.4. The van der Waals surface area contributed by atoms with E-state index in [1.54, 1.807) is 0 Å². The van der Waals surface area contributed by atoms with Crippen molar-refractivity contribution >= 4 is 24.4 Å². The van der Waals surface area contributed by atoms with Crippen LogP contribution in [0.4, 0.5) is 0 Å². The third-order valence-electron chi connectivity index (χ3n) is 0. The Hall–Kier alpha value is 2.40. The van der Waals surface area contributed by atoms with Gasteiger partial charge in [-0.3, -0.25) is 0 Å². The summed E-state index contributed by atoms with van der Waals surface area (Å²) in [5.41, 5.74) is 0. The van der Waals surface area contributed by atoms with Crippen molar-refractivity contribution in [1.82, 2.24) is 0 Å². The molecule has 0 aliphatic carbocycles. The second-order valence-corrected chi connectivity index (χ2v) is 2.47. The van der Waals surface area contributed by atoms with Gasteiger partial charge < -0.3 is 0 Å². The molecule has 0 spiro atoms. The van der Waals surface area contributed by atoms with Crippen molar-refractivity contribution in [3.05, 3.63) is 0 Å². The Balaban J connectivity index is -0.0000000267. The predicted molar refractivity (Wildman–Crippen MR) is 18.8 cm³/mol. The van der Waals surface area contributed by atoms with Crippen molar-refractivity contribution < 1.29 is 66.7 Å². The van der Waals surface area contributed by atoms with Gasteiger partial charge in [-0.05, 0) is 0 Å². The third kappa shape index (κ3) is 79.9. The number of hydrogen-bond acceptors (Lipinski definition) is 4. The Morgan fingerprint density at radius 3 is 0.875 bits per heavy atom. The van der Waals surface area contributed by atoms with Gasteiger partial charge in [0.25, 0.3) is 0 Å². The standard InChI is InChI=1S/Cr.Ni.4H2O.Sb.Ti.3H/h;;4*1H2;;;;;/q;;;;;;;+4;;;/p-4. The van der Waals surface area contributed by atoms with Gasteiger partial charge >= 0.3 is 57.3 Å². The normalized spacial score (nSPS) is 7.50. The Kier molecular flexibility index (Phi) is 26.4. The number of rotatable bonds is 0. The fourth-order valence-electron chi connectivity index (χ4n) is 0. The van der Waals surface area contributed by atoms with Crippen LogP contribution in [0.5, 0.6) is 0 Å². The summed E-state index contributed by atoms with van der Waals surface area (Å²) >= 11 is -5.00. The number of hydrogen-bond donors (Lipinski definition) is 4. The zero-order valence-electron chi connectivity index (χ0n) is 3.72. The zero-order chi connectivity index (χ0) is 4.50. The third-order valence-corrected chi connectivity index (χ3v) is 0. The van der Waals surface area contributed by atoms with Crippen LogP contribution in [0.3, 0.4) is 0 Å². The first-order valence-corrected chi connectivity index (χ1v) is 3.69. The Labute approximate surface area is 90.1 Å². The van der Waals surface area contributed by atoms with Crippen LogP contribution in [0.15, 0.2) is 0 Å². The van der Waals surface area contributed by atoms with E-state index in [4.69, 9.17) is 14.8 Å². The van der Waals surface area contributed by atoms with Gasteiger partial charge in [-0.25, -0.2) is 0 Å². The van der Waals surface area contributed by atoms with E-state index >= 15 is 0 Å². The van der Waals surface area contributed by atoms with Crippen molar-refractivity contribution in [3.63, 3.8) is 0 Å². The molecule has 0 heterocycles. The molecule has 0 rings (SSSR count). The van der Waals surface area contributed by atoms with Gasteiger partial charge in [0.15, 0.2) is 0 Å². The van der Waals surface area contributed by atoms with Crippen molar-refractivity contribution in [1.29, 1.82) is 0 Å². The van der Waals surface area contributed by atoms with Crippen molar-refractivity contribution in [2.24, 2.45) is 0 Å². The average Bonchev–Trinajstić information content (AvgIpc) is 0.722. The summed E-state index contributed by atoms with van der Waals surface area (Å²) in [6.45, 7) is 0. The summed E-state index contributed by atoms with van der Waals surface area (Å²) in [5, 5.41) is 0. The molecule has 0 saturated carbocycles. The van der Waals surface area contributed by atoms with E-state index < -0.39 is 18.1 Å². The van der Waals surface area contributed by atoms with E-state index in [0.29, 0.717) is 0 Å². The molecule has 0 aromatic rings. The van der Waals surface area contributed by atoms with Gasteiger partial charge in [0.05, 0.1) is 0 Å². The molecule has 56 valence electrons. The van der Waals surface area contributed by atoms with Crippen LogP contribution < -0.4 is 0 Å². The minimum atomic E-state index is -5.00. The fourth-order valence-corrected chi connectivity index (χ4v) is 0. The molecule has 0 aromatic carbocycles. The second kappa shape index (κ2) is 9.40. The van der Waals surface area contributed by atoms with E-state index in [1.807, 2.05) is 0 Å². The summed E-state index contributed by atoms with van der Waals surface area (Å²) in [6.07, 6.45) is 0. The molecule has 0 amide bonds. The first-order valence-electron chi connectivity index (χ1n) is 0.894. The molecule has 0 atom stereocenters. The van der Waals surface area contributed by atoms with Gasteiger partial charge in [-0.1, -0.05) is 0 Å². The van der Waals surface area contributed by atoms with Gasteiger partial charge in [0, 0.05) is 33.9 Å². The molecular formula is H7CrNiO4SbTi. The molecule has 0 aromatic heterocycles. The SMILES string of the molecule is [Cr].[Ni].[OH][Ti]([OH])([OH])[OH].[SbH3]. The molecule has 0 aliphatic rings. The van der Waals surface area contributed by atoms with E-state index in [-0.39, 0.29) is 58.3 Å². The van der Waals surface area contributed by atoms with Gasteiger partial charge in [0.2, 0.25) is 0 Å². The Bertz CT molecular complexity index is 31.5. The van der Waals surface area contributed by atoms with Gasteiger partial charge in [-0.15, -0.1) is 0 Å².